The van der Waals surface area contributed by atoms with E-state index in [1.54, 1.807) is 48.5 Å². The number of carbonyl (C=O) groups excluding carboxylic acids is 1. The van der Waals surface area contributed by atoms with Crippen LogP contribution in [0.4, 0.5) is 11.4 Å². The number of rotatable bonds is 7. The Morgan fingerprint density at radius 1 is 0.938 bits per heavy atom. The third-order valence-corrected chi connectivity index (χ3v) is 7.37. The van der Waals surface area contributed by atoms with E-state index in [4.69, 9.17) is 39.5 Å². The molecule has 0 saturated carbocycles. The first-order valence-electron chi connectivity index (χ1n) is 9.31. The van der Waals surface area contributed by atoms with Gasteiger partial charge in [0.15, 0.2) is 6.61 Å². The van der Waals surface area contributed by atoms with Crippen LogP contribution >= 0.6 is 34.8 Å². The van der Waals surface area contributed by atoms with Crippen LogP contribution in [0.15, 0.2) is 65.6 Å². The number of anilines is 2. The summed E-state index contributed by atoms with van der Waals surface area (Å²) in [6.45, 7) is 1.60. The minimum Gasteiger partial charge on any atom is -0.484 e. The lowest BCUT2D eigenvalue weighted by Gasteiger charge is -2.20. The van der Waals surface area contributed by atoms with Gasteiger partial charge in [-0.3, -0.25) is 9.10 Å². The molecule has 0 aliphatic carbocycles. The number of hydrogen-bond donors (Lipinski definition) is 1. The summed E-state index contributed by atoms with van der Waals surface area (Å²) < 4.78 is 32.3. The number of sulfonamides is 1. The van der Waals surface area contributed by atoms with Crippen molar-refractivity contribution in [1.29, 1.82) is 0 Å². The van der Waals surface area contributed by atoms with Crippen molar-refractivity contribution < 1.29 is 17.9 Å². The summed E-state index contributed by atoms with van der Waals surface area (Å²) >= 11 is 17.9. The zero-order chi connectivity index (χ0) is 23.5. The molecule has 0 aromatic heterocycles. The molecule has 0 fully saturated rings. The Morgan fingerprint density at radius 2 is 1.53 bits per heavy atom. The van der Waals surface area contributed by atoms with E-state index in [2.05, 4.69) is 5.32 Å². The molecule has 0 saturated heterocycles. The summed E-state index contributed by atoms with van der Waals surface area (Å²) in [7, 11) is -2.23. The van der Waals surface area contributed by atoms with Crippen molar-refractivity contribution in [3.8, 4) is 5.75 Å². The van der Waals surface area contributed by atoms with E-state index in [1.165, 1.54) is 23.5 Å². The monoisotopic (exact) mass is 512 g/mol. The summed E-state index contributed by atoms with van der Waals surface area (Å²) in [5.74, 6) is -0.0568. The van der Waals surface area contributed by atoms with Gasteiger partial charge in [0, 0.05) is 7.05 Å². The van der Waals surface area contributed by atoms with Gasteiger partial charge in [-0.1, -0.05) is 52.5 Å². The second kappa shape index (κ2) is 10.0. The average molecular weight is 514 g/mol. The zero-order valence-corrected chi connectivity index (χ0v) is 20.2. The van der Waals surface area contributed by atoms with Crippen molar-refractivity contribution in [3.05, 3.63) is 81.3 Å². The minimum atomic E-state index is -3.70. The van der Waals surface area contributed by atoms with E-state index in [0.29, 0.717) is 17.1 Å². The second-order valence-corrected chi connectivity index (χ2v) is 10.1. The van der Waals surface area contributed by atoms with E-state index in [9.17, 15) is 13.2 Å². The van der Waals surface area contributed by atoms with Gasteiger partial charge in [-0.15, -0.1) is 0 Å². The highest BCUT2D eigenvalue weighted by molar-refractivity contribution is 7.92. The molecule has 10 heteroatoms. The predicted octanol–water partition coefficient (Wildman–Crippen LogP) is 5.80. The van der Waals surface area contributed by atoms with E-state index < -0.39 is 15.9 Å². The van der Waals surface area contributed by atoms with Crippen molar-refractivity contribution in [2.24, 2.45) is 0 Å². The molecule has 0 unspecified atom stereocenters. The van der Waals surface area contributed by atoms with Crippen LogP contribution in [0.3, 0.4) is 0 Å². The molecule has 168 valence electrons. The van der Waals surface area contributed by atoms with Gasteiger partial charge < -0.3 is 10.1 Å². The minimum absolute atomic E-state index is 0.198. The van der Waals surface area contributed by atoms with Gasteiger partial charge >= 0.3 is 0 Å². The van der Waals surface area contributed by atoms with Crippen LogP contribution in [-0.4, -0.2) is 28.0 Å². The fourth-order valence-corrected chi connectivity index (χ4v) is 4.50. The highest BCUT2D eigenvalue weighted by Crippen LogP contribution is 2.32. The Balaban J connectivity index is 1.62. The molecule has 0 aliphatic rings. The molecule has 0 atom stereocenters. The van der Waals surface area contributed by atoms with Crippen LogP contribution < -0.4 is 14.4 Å². The first kappa shape index (κ1) is 24.2. The Morgan fingerprint density at radius 3 is 2.16 bits per heavy atom. The number of benzene rings is 3. The molecular formula is C22H19Cl3N2O4S. The molecule has 0 aliphatic heterocycles. The van der Waals surface area contributed by atoms with Crippen molar-refractivity contribution >= 4 is 62.1 Å². The highest BCUT2D eigenvalue weighted by Gasteiger charge is 2.21. The van der Waals surface area contributed by atoms with Crippen molar-refractivity contribution in [3.63, 3.8) is 0 Å². The van der Waals surface area contributed by atoms with E-state index in [-0.39, 0.29) is 26.6 Å². The number of hydrogen-bond acceptors (Lipinski definition) is 4. The largest absolute Gasteiger partial charge is 0.484 e. The molecule has 1 N–H and O–H groups in total. The Kier molecular flexibility index (Phi) is 7.56. The number of carbonyl (C=O) groups is 1. The lowest BCUT2D eigenvalue weighted by Crippen LogP contribution is -2.26. The standard InChI is InChI=1S/C22H19Cl3N2O4S/c1-14-3-9-17(10-4-14)32(29,30)27(2)15-5-7-16(8-6-15)31-13-22(28)26-21-12-19(24)18(23)11-20(21)25/h3-12H,13H2,1-2H3,(H,26,28). The molecule has 0 radical (unpaired) electrons. The number of amides is 1. The summed E-state index contributed by atoms with van der Waals surface area (Å²) in [5.41, 5.74) is 1.73. The van der Waals surface area contributed by atoms with E-state index in [0.717, 1.165) is 5.56 Å². The van der Waals surface area contributed by atoms with Gasteiger partial charge in [-0.25, -0.2) is 8.42 Å². The normalized spacial score (nSPS) is 11.2. The summed E-state index contributed by atoms with van der Waals surface area (Å²) in [6, 6.07) is 15.8. The fourth-order valence-electron chi connectivity index (χ4n) is 2.71. The molecule has 3 aromatic rings. The number of aryl methyl sites for hydroxylation is 1. The van der Waals surface area contributed by atoms with Crippen LogP contribution in [0.1, 0.15) is 5.56 Å². The molecule has 1 amide bonds. The summed E-state index contributed by atoms with van der Waals surface area (Å²) in [6.07, 6.45) is 0. The van der Waals surface area contributed by atoms with Gasteiger partial charge in [0.2, 0.25) is 0 Å². The Labute approximate surface area is 201 Å². The van der Waals surface area contributed by atoms with Gasteiger partial charge in [-0.2, -0.15) is 0 Å². The van der Waals surface area contributed by atoms with Crippen molar-refractivity contribution in [2.75, 3.05) is 23.3 Å². The number of halogens is 3. The van der Waals surface area contributed by atoms with Gasteiger partial charge in [-0.05, 0) is 55.5 Å². The van der Waals surface area contributed by atoms with Crippen LogP contribution in [0.25, 0.3) is 0 Å². The topological polar surface area (TPSA) is 75.7 Å². The summed E-state index contributed by atoms with van der Waals surface area (Å²) in [4.78, 5) is 12.4. The average Bonchev–Trinajstić information content (AvgIpc) is 2.76. The molecule has 0 heterocycles. The highest BCUT2D eigenvalue weighted by atomic mass is 35.5. The number of ether oxygens (including phenoxy) is 1. The second-order valence-electron chi connectivity index (χ2n) is 6.86. The fraction of sp³-hybridized carbons (Fsp3) is 0.136. The van der Waals surface area contributed by atoms with Gasteiger partial charge in [0.25, 0.3) is 15.9 Å². The van der Waals surface area contributed by atoms with Crippen molar-refractivity contribution in [2.45, 2.75) is 11.8 Å². The molecular weight excluding hydrogens is 495 g/mol. The molecule has 0 spiro atoms. The van der Waals surface area contributed by atoms with E-state index in [1.807, 2.05) is 6.92 Å². The third kappa shape index (κ3) is 5.66. The smallest absolute Gasteiger partial charge is 0.264 e. The maximum Gasteiger partial charge on any atom is 0.264 e. The van der Waals surface area contributed by atoms with Gasteiger partial charge in [0.05, 0.1) is 31.3 Å². The lowest BCUT2D eigenvalue weighted by molar-refractivity contribution is -0.118. The molecule has 3 rings (SSSR count). The summed E-state index contributed by atoms with van der Waals surface area (Å²) in [5, 5.41) is 3.37. The third-order valence-electron chi connectivity index (χ3n) is 4.53. The first-order chi connectivity index (χ1) is 15.1. The Hall–Kier alpha value is -2.45. The lowest BCUT2D eigenvalue weighted by atomic mass is 10.2. The molecule has 0 bridgehead atoms. The van der Waals surface area contributed by atoms with Crippen LogP contribution in [0.2, 0.25) is 15.1 Å². The quantitative estimate of drug-likeness (QED) is 0.405. The SMILES string of the molecule is Cc1ccc(S(=O)(=O)N(C)c2ccc(OCC(=O)Nc3cc(Cl)c(Cl)cc3Cl)cc2)cc1. The molecule has 3 aromatic carbocycles. The Bertz CT molecular complexity index is 1230. The number of nitrogens with one attached hydrogen (secondary N) is 1. The van der Waals surface area contributed by atoms with Crippen LogP contribution in [0.5, 0.6) is 5.75 Å². The predicted molar refractivity (Wildman–Crippen MR) is 129 cm³/mol. The molecule has 6 nitrogen and oxygen atoms in total. The maximum atomic E-state index is 12.8. The maximum absolute atomic E-state index is 12.8. The van der Waals surface area contributed by atoms with Crippen LogP contribution in [-0.2, 0) is 14.8 Å². The van der Waals surface area contributed by atoms with Crippen LogP contribution in [0, 0.1) is 6.92 Å². The van der Waals surface area contributed by atoms with Crippen molar-refractivity contribution in [1.82, 2.24) is 0 Å². The zero-order valence-electron chi connectivity index (χ0n) is 17.1. The van der Waals surface area contributed by atoms with E-state index >= 15 is 0 Å². The number of nitrogens with zero attached hydrogens (tertiary/aromatic N) is 1. The first-order valence-corrected chi connectivity index (χ1v) is 11.9. The molecule has 32 heavy (non-hydrogen) atoms. The van der Waals surface area contributed by atoms with Gasteiger partial charge in [0.1, 0.15) is 5.75 Å².